The molecule has 2 aromatic rings. The molecule has 0 bridgehead atoms. The number of ether oxygens (including phenoxy) is 2. The third-order valence-electron chi connectivity index (χ3n) is 6.01. The number of halogens is 7. The quantitative estimate of drug-likeness (QED) is 0.512. The third-order valence-corrected chi connectivity index (χ3v) is 6.01. The summed E-state index contributed by atoms with van der Waals surface area (Å²) in [6, 6.07) is 5.87. The Labute approximate surface area is 207 Å². The van der Waals surface area contributed by atoms with E-state index in [0.29, 0.717) is 24.2 Å². The van der Waals surface area contributed by atoms with Gasteiger partial charge in [0.15, 0.2) is 12.1 Å². The van der Waals surface area contributed by atoms with Crippen molar-refractivity contribution >= 4 is 5.84 Å². The summed E-state index contributed by atoms with van der Waals surface area (Å²) in [5.41, 5.74) is -0.113. The molecule has 2 heterocycles. The van der Waals surface area contributed by atoms with Crippen molar-refractivity contribution in [1.29, 1.82) is 0 Å². The van der Waals surface area contributed by atoms with Gasteiger partial charge in [0.2, 0.25) is 0 Å². The molecular weight excluding hydrogens is 513 g/mol. The molecule has 4 rings (SSSR count). The molecule has 0 radical (unpaired) electrons. The Hall–Kier alpha value is -2.94. The average Bonchev–Trinajstić information content (AvgIpc) is 3.23. The summed E-state index contributed by atoms with van der Waals surface area (Å²) in [7, 11) is 0. The smallest absolute Gasteiger partial charge is 0.349 e. The number of hydrogen-bond donors (Lipinski definition) is 2. The number of alkyl halides is 6. The molecule has 14 heteroatoms. The van der Waals surface area contributed by atoms with Gasteiger partial charge < -0.3 is 9.47 Å². The lowest BCUT2D eigenvalue weighted by Gasteiger charge is -2.42. The Kier molecular flexibility index (Phi) is 7.65. The normalized spacial score (nSPS) is 22.1. The first-order valence-corrected chi connectivity index (χ1v) is 11.1. The van der Waals surface area contributed by atoms with Crippen LogP contribution in [0.3, 0.4) is 0 Å². The number of amidine groups is 1. The topological polar surface area (TPSA) is 69.6 Å². The van der Waals surface area contributed by atoms with E-state index in [1.807, 2.05) is 0 Å². The standard InChI is InChI=1S/C23H23F7N4O3/c1-13(15-8-16(22(25,26)27)10-17(9-15)23(28,29)30)37-21-20(14-2-4-18(24)5-3-14)33(6-7-36-21)11-19-32-31-12-34(19)35/h2-5,8-10,13,20-21,31,35H,6-7,11-12H2,1H3. The third kappa shape index (κ3) is 6.32. The molecule has 0 aromatic heterocycles. The van der Waals surface area contributed by atoms with Gasteiger partial charge in [-0.15, -0.1) is 0 Å². The fraction of sp³-hybridized carbons (Fsp3) is 0.435. The number of nitrogens with zero attached hydrogens (tertiary/aromatic N) is 3. The van der Waals surface area contributed by atoms with Crippen LogP contribution in [-0.4, -0.2) is 53.7 Å². The zero-order valence-corrected chi connectivity index (χ0v) is 19.4. The van der Waals surface area contributed by atoms with E-state index in [4.69, 9.17) is 9.47 Å². The number of morpholine rings is 1. The summed E-state index contributed by atoms with van der Waals surface area (Å²) >= 11 is 0. The van der Waals surface area contributed by atoms with E-state index in [9.17, 15) is 35.9 Å². The highest BCUT2D eigenvalue weighted by Gasteiger charge is 2.40. The molecule has 37 heavy (non-hydrogen) atoms. The van der Waals surface area contributed by atoms with E-state index >= 15 is 0 Å². The van der Waals surface area contributed by atoms with E-state index < -0.39 is 47.7 Å². The maximum absolute atomic E-state index is 13.6. The van der Waals surface area contributed by atoms with Gasteiger partial charge in [-0.25, -0.2) is 9.45 Å². The molecule has 2 aliphatic rings. The van der Waals surface area contributed by atoms with Crippen LogP contribution >= 0.6 is 0 Å². The van der Waals surface area contributed by atoms with Crippen LogP contribution in [0.2, 0.25) is 0 Å². The second-order valence-electron chi connectivity index (χ2n) is 8.57. The first-order chi connectivity index (χ1) is 17.3. The van der Waals surface area contributed by atoms with Crippen LogP contribution in [0.4, 0.5) is 30.7 Å². The monoisotopic (exact) mass is 536 g/mol. The van der Waals surface area contributed by atoms with Crippen molar-refractivity contribution < 1.29 is 45.4 Å². The SMILES string of the molecule is CC(OC1OCCN(CC2=NNCN2O)C1c1ccc(F)cc1)c1cc(C(F)(F)F)cc(C(F)(F)F)c1. The summed E-state index contributed by atoms with van der Waals surface area (Å²) in [6.45, 7) is 1.92. The van der Waals surface area contributed by atoms with Crippen molar-refractivity contribution in [3.05, 3.63) is 70.5 Å². The highest BCUT2D eigenvalue weighted by Crippen LogP contribution is 2.39. The van der Waals surface area contributed by atoms with E-state index in [0.717, 1.165) is 5.06 Å². The van der Waals surface area contributed by atoms with Gasteiger partial charge in [-0.05, 0) is 48.4 Å². The summed E-state index contributed by atoms with van der Waals surface area (Å²) in [6.07, 6.45) is -12.4. The molecule has 2 aromatic carbocycles. The van der Waals surface area contributed by atoms with E-state index in [-0.39, 0.29) is 37.3 Å². The van der Waals surface area contributed by atoms with Crippen molar-refractivity contribution in [1.82, 2.24) is 15.4 Å². The Morgan fingerprint density at radius 2 is 1.70 bits per heavy atom. The lowest BCUT2D eigenvalue weighted by molar-refractivity contribution is -0.228. The fourth-order valence-corrected chi connectivity index (χ4v) is 4.14. The van der Waals surface area contributed by atoms with Crippen LogP contribution in [0.25, 0.3) is 0 Å². The lowest BCUT2D eigenvalue weighted by atomic mass is 10.0. The van der Waals surface area contributed by atoms with Crippen molar-refractivity contribution in [3.63, 3.8) is 0 Å². The van der Waals surface area contributed by atoms with Crippen LogP contribution < -0.4 is 5.43 Å². The van der Waals surface area contributed by atoms with Crippen LogP contribution in [0, 0.1) is 5.82 Å². The van der Waals surface area contributed by atoms with Crippen molar-refractivity contribution in [2.45, 2.75) is 37.7 Å². The van der Waals surface area contributed by atoms with Gasteiger partial charge in [-0.2, -0.15) is 31.4 Å². The van der Waals surface area contributed by atoms with Gasteiger partial charge in [-0.3, -0.25) is 15.5 Å². The van der Waals surface area contributed by atoms with Gasteiger partial charge in [-0.1, -0.05) is 12.1 Å². The summed E-state index contributed by atoms with van der Waals surface area (Å²) < 4.78 is 105. The molecular formula is C23H23F7N4O3. The van der Waals surface area contributed by atoms with Crippen LogP contribution in [0.1, 0.15) is 41.3 Å². The highest BCUT2D eigenvalue weighted by molar-refractivity contribution is 5.84. The molecule has 1 saturated heterocycles. The van der Waals surface area contributed by atoms with E-state index in [1.54, 1.807) is 4.90 Å². The molecule has 7 nitrogen and oxygen atoms in total. The minimum absolute atomic E-state index is 0.0490. The summed E-state index contributed by atoms with van der Waals surface area (Å²) in [5, 5.41) is 14.9. The Morgan fingerprint density at radius 3 is 2.24 bits per heavy atom. The maximum atomic E-state index is 13.6. The molecule has 1 fully saturated rings. The van der Waals surface area contributed by atoms with Crippen LogP contribution in [-0.2, 0) is 21.8 Å². The van der Waals surface area contributed by atoms with Gasteiger partial charge in [0, 0.05) is 6.54 Å². The van der Waals surface area contributed by atoms with Crippen LogP contribution in [0.15, 0.2) is 47.6 Å². The highest BCUT2D eigenvalue weighted by atomic mass is 19.4. The predicted molar refractivity (Wildman–Crippen MR) is 115 cm³/mol. The van der Waals surface area contributed by atoms with Gasteiger partial charge in [0.05, 0.1) is 36.4 Å². The fourth-order valence-electron chi connectivity index (χ4n) is 4.14. The number of nitrogens with one attached hydrogen (secondary N) is 1. The van der Waals surface area contributed by atoms with E-state index in [2.05, 4.69) is 10.5 Å². The lowest BCUT2D eigenvalue weighted by Crippen LogP contribution is -2.49. The number of hydrogen-bond acceptors (Lipinski definition) is 7. The molecule has 0 saturated carbocycles. The summed E-state index contributed by atoms with van der Waals surface area (Å²) in [5.74, 6) is -0.235. The Balaban J connectivity index is 1.65. The molecule has 3 atom stereocenters. The van der Waals surface area contributed by atoms with Gasteiger partial charge in [0.25, 0.3) is 0 Å². The molecule has 202 valence electrons. The average molecular weight is 536 g/mol. The number of hydroxylamine groups is 2. The minimum atomic E-state index is -5.00. The predicted octanol–water partition coefficient (Wildman–Crippen LogP) is 4.91. The van der Waals surface area contributed by atoms with Gasteiger partial charge in [0.1, 0.15) is 12.5 Å². The first-order valence-electron chi connectivity index (χ1n) is 11.1. The molecule has 2 aliphatic heterocycles. The largest absolute Gasteiger partial charge is 0.416 e. The molecule has 0 amide bonds. The molecule has 0 aliphatic carbocycles. The second kappa shape index (κ2) is 10.4. The number of benzene rings is 2. The zero-order valence-electron chi connectivity index (χ0n) is 19.4. The van der Waals surface area contributed by atoms with Crippen molar-refractivity contribution in [2.24, 2.45) is 5.10 Å². The summed E-state index contributed by atoms with van der Waals surface area (Å²) in [4.78, 5) is 1.80. The number of rotatable bonds is 6. The van der Waals surface area contributed by atoms with Crippen molar-refractivity contribution in [2.75, 3.05) is 26.4 Å². The van der Waals surface area contributed by atoms with Crippen LogP contribution in [0.5, 0.6) is 0 Å². The Morgan fingerprint density at radius 1 is 1.08 bits per heavy atom. The second-order valence-corrected chi connectivity index (χ2v) is 8.57. The minimum Gasteiger partial charge on any atom is -0.349 e. The van der Waals surface area contributed by atoms with E-state index in [1.165, 1.54) is 31.2 Å². The maximum Gasteiger partial charge on any atom is 0.416 e. The Bertz CT molecular complexity index is 1090. The molecule has 0 spiro atoms. The van der Waals surface area contributed by atoms with Gasteiger partial charge >= 0.3 is 12.4 Å². The zero-order chi connectivity index (χ0) is 27.0. The molecule has 3 unspecified atom stereocenters. The number of hydrazone groups is 1. The first kappa shape index (κ1) is 27.1. The molecule has 2 N–H and O–H groups in total. The van der Waals surface area contributed by atoms with Crippen molar-refractivity contribution in [3.8, 4) is 0 Å².